The van der Waals surface area contributed by atoms with Gasteiger partial charge in [-0.15, -0.1) is 11.3 Å². The number of hydrogen-bond acceptors (Lipinski definition) is 6. The topological polar surface area (TPSA) is 65.5 Å². The molecule has 0 spiro atoms. The van der Waals surface area contributed by atoms with Crippen LogP contribution in [-0.2, 0) is 5.41 Å². The van der Waals surface area contributed by atoms with Gasteiger partial charge in [-0.3, -0.25) is 9.59 Å². The maximum absolute atomic E-state index is 14.3. The van der Waals surface area contributed by atoms with Gasteiger partial charge >= 0.3 is 0 Å². The van der Waals surface area contributed by atoms with E-state index in [0.717, 1.165) is 16.5 Å². The number of fused-ring (bicyclic) bond motifs is 1. The molecule has 192 valence electrons. The van der Waals surface area contributed by atoms with Crippen LogP contribution in [-0.4, -0.2) is 30.8 Å². The molecule has 0 saturated carbocycles. The molecule has 0 fully saturated rings. The van der Waals surface area contributed by atoms with Crippen molar-refractivity contribution in [2.45, 2.75) is 45.4 Å². The smallest absolute Gasteiger partial charge is 0.181 e. The van der Waals surface area contributed by atoms with Crippen molar-refractivity contribution in [1.29, 1.82) is 0 Å². The Kier molecular flexibility index (Phi) is 7.73. The van der Waals surface area contributed by atoms with Crippen molar-refractivity contribution in [2.24, 2.45) is 0 Å². The van der Waals surface area contributed by atoms with Gasteiger partial charge in [-0.25, -0.2) is 9.37 Å². The van der Waals surface area contributed by atoms with Crippen LogP contribution in [0.15, 0.2) is 53.9 Å². The third-order valence-electron chi connectivity index (χ3n) is 6.32. The first kappa shape index (κ1) is 26.5. The van der Waals surface area contributed by atoms with E-state index >= 15 is 0 Å². The molecule has 0 atom stereocenters. The van der Waals surface area contributed by atoms with Gasteiger partial charge in [-0.05, 0) is 53.8 Å². The van der Waals surface area contributed by atoms with E-state index < -0.39 is 0 Å². The van der Waals surface area contributed by atoms with E-state index in [2.05, 4.69) is 25.8 Å². The summed E-state index contributed by atoms with van der Waals surface area (Å²) in [5, 5.41) is 2.67. The number of aromatic nitrogens is 1. The average Bonchev–Trinajstić information content (AvgIpc) is 3.33. The largest absolute Gasteiger partial charge is 0.493 e. The van der Waals surface area contributed by atoms with Crippen LogP contribution in [0.3, 0.4) is 0 Å². The average molecular weight is 520 g/mol. The molecule has 4 aromatic rings. The lowest BCUT2D eigenvalue weighted by Crippen LogP contribution is -2.14. The molecule has 37 heavy (non-hydrogen) atoms. The van der Waals surface area contributed by atoms with Gasteiger partial charge in [0.1, 0.15) is 11.5 Å². The van der Waals surface area contributed by atoms with Crippen molar-refractivity contribution in [3.8, 4) is 22.8 Å². The summed E-state index contributed by atoms with van der Waals surface area (Å²) in [5.74, 6) is 0.573. The molecule has 0 saturated heterocycles. The zero-order chi connectivity index (χ0) is 26.7. The van der Waals surface area contributed by atoms with Crippen LogP contribution >= 0.6 is 11.3 Å². The highest BCUT2D eigenvalue weighted by atomic mass is 32.1. The van der Waals surface area contributed by atoms with E-state index in [1.165, 1.54) is 31.6 Å². The minimum Gasteiger partial charge on any atom is -0.493 e. The zero-order valence-corrected chi connectivity index (χ0v) is 22.5. The van der Waals surface area contributed by atoms with E-state index in [0.29, 0.717) is 39.6 Å². The molecule has 0 bridgehead atoms. The second kappa shape index (κ2) is 10.8. The first-order valence-corrected chi connectivity index (χ1v) is 13.0. The summed E-state index contributed by atoms with van der Waals surface area (Å²) in [6.45, 7) is 6.23. The van der Waals surface area contributed by atoms with Crippen LogP contribution in [0.4, 0.5) is 4.39 Å². The van der Waals surface area contributed by atoms with Gasteiger partial charge in [-0.1, -0.05) is 32.9 Å². The molecule has 4 rings (SSSR count). The molecule has 2 aromatic heterocycles. The Morgan fingerprint density at radius 1 is 0.946 bits per heavy atom. The number of carbonyl (C=O) groups is 2. The van der Waals surface area contributed by atoms with Crippen molar-refractivity contribution >= 4 is 33.0 Å². The molecule has 2 aromatic carbocycles. The number of pyridine rings is 1. The second-order valence-corrected chi connectivity index (χ2v) is 10.8. The summed E-state index contributed by atoms with van der Waals surface area (Å²) < 4.78 is 25.4. The van der Waals surface area contributed by atoms with Gasteiger partial charge in [0.25, 0.3) is 0 Å². The number of hydrogen-bond donors (Lipinski definition) is 0. The van der Waals surface area contributed by atoms with Crippen molar-refractivity contribution in [3.63, 3.8) is 0 Å². The molecule has 5 nitrogen and oxygen atoms in total. The Hall–Kier alpha value is -3.58. The van der Waals surface area contributed by atoms with Gasteiger partial charge in [0.2, 0.25) is 0 Å². The second-order valence-electron chi connectivity index (χ2n) is 9.91. The normalized spacial score (nSPS) is 11.5. The first-order valence-electron chi connectivity index (χ1n) is 12.1. The highest BCUT2D eigenvalue weighted by Crippen LogP contribution is 2.36. The van der Waals surface area contributed by atoms with Crippen molar-refractivity contribution < 1.29 is 23.5 Å². The summed E-state index contributed by atoms with van der Waals surface area (Å²) in [6.07, 6.45) is 0.814. The number of nitrogens with zero attached hydrogens (tertiary/aromatic N) is 1. The fraction of sp³-hybridized carbons (Fsp3) is 0.300. The number of rotatable bonds is 9. The highest BCUT2D eigenvalue weighted by Gasteiger charge is 2.21. The third-order valence-corrected chi connectivity index (χ3v) is 7.32. The van der Waals surface area contributed by atoms with Crippen LogP contribution < -0.4 is 9.47 Å². The maximum atomic E-state index is 14.3. The number of halogens is 1. The first-order chi connectivity index (χ1) is 17.6. The summed E-state index contributed by atoms with van der Waals surface area (Å²) in [6, 6.07) is 13.8. The maximum Gasteiger partial charge on any atom is 0.181 e. The standard InChI is InChI=1S/C30H30FNO4S/c1-30(2,3)19-15-23(21-17-37-29-20(21)8-6-9-22(29)31)32-24(16-19)26(34)11-7-10-25(33)18-12-13-27(35-4)28(14-18)36-5/h6,8-9,12-17H,7,10-11H2,1-5H3. The van der Waals surface area contributed by atoms with Crippen LogP contribution in [0.25, 0.3) is 21.3 Å². The van der Waals surface area contributed by atoms with Crippen LogP contribution in [0.2, 0.25) is 0 Å². The number of benzene rings is 2. The van der Waals surface area contributed by atoms with Gasteiger partial charge in [0.15, 0.2) is 23.1 Å². The molecule has 0 unspecified atom stereocenters. The number of carbonyl (C=O) groups excluding carboxylic acids is 2. The molecule has 0 N–H and O–H groups in total. The number of methoxy groups -OCH3 is 2. The van der Waals surface area contributed by atoms with E-state index in [1.54, 1.807) is 24.3 Å². The van der Waals surface area contributed by atoms with Gasteiger partial charge < -0.3 is 9.47 Å². The van der Waals surface area contributed by atoms with Gasteiger partial charge in [0, 0.05) is 34.7 Å². The molecule has 0 amide bonds. The Balaban J connectivity index is 1.55. The summed E-state index contributed by atoms with van der Waals surface area (Å²) >= 11 is 1.33. The van der Waals surface area contributed by atoms with E-state index in [-0.39, 0.29) is 35.6 Å². The lowest BCUT2D eigenvalue weighted by molar-refractivity contribution is 0.0954. The van der Waals surface area contributed by atoms with Crippen LogP contribution in [0.5, 0.6) is 11.5 Å². The Bertz CT molecular complexity index is 1470. The fourth-order valence-electron chi connectivity index (χ4n) is 4.16. The Morgan fingerprint density at radius 3 is 2.38 bits per heavy atom. The third kappa shape index (κ3) is 5.72. The summed E-state index contributed by atoms with van der Waals surface area (Å²) in [5.41, 5.74) is 3.08. The Morgan fingerprint density at radius 2 is 1.68 bits per heavy atom. The van der Waals surface area contributed by atoms with Gasteiger partial charge in [0.05, 0.1) is 24.6 Å². The Labute approximate surface area is 220 Å². The van der Waals surface area contributed by atoms with Crippen molar-refractivity contribution in [2.75, 3.05) is 14.2 Å². The zero-order valence-electron chi connectivity index (χ0n) is 21.7. The molecule has 7 heteroatoms. The molecule has 2 heterocycles. The van der Waals surface area contributed by atoms with Crippen LogP contribution in [0.1, 0.15) is 66.4 Å². The number of Topliss-reactive ketones (excluding diaryl/α,β-unsaturated/α-hetero) is 2. The molecule has 0 radical (unpaired) electrons. The van der Waals surface area contributed by atoms with Crippen LogP contribution in [0, 0.1) is 5.82 Å². The number of thiophene rings is 1. The SMILES string of the molecule is COc1ccc(C(=O)CCCC(=O)c2cc(C(C)(C)C)cc(-c3csc4c(F)cccc34)n2)cc1OC. The van der Waals surface area contributed by atoms with E-state index in [4.69, 9.17) is 9.47 Å². The predicted octanol–water partition coefficient (Wildman–Crippen LogP) is 7.65. The monoisotopic (exact) mass is 519 g/mol. The minimum atomic E-state index is -0.267. The quantitative estimate of drug-likeness (QED) is 0.213. The number of ether oxygens (including phenoxy) is 2. The molecule has 0 aliphatic carbocycles. The highest BCUT2D eigenvalue weighted by molar-refractivity contribution is 7.17. The molecular weight excluding hydrogens is 489 g/mol. The fourth-order valence-corrected chi connectivity index (χ4v) is 5.13. The molecular formula is C30H30FNO4S. The van der Waals surface area contributed by atoms with E-state index in [1.807, 2.05) is 23.6 Å². The minimum absolute atomic E-state index is 0.0717. The van der Waals surface area contributed by atoms with E-state index in [9.17, 15) is 14.0 Å². The van der Waals surface area contributed by atoms with Crippen molar-refractivity contribution in [1.82, 2.24) is 4.98 Å². The lowest BCUT2D eigenvalue weighted by atomic mass is 9.85. The summed E-state index contributed by atoms with van der Waals surface area (Å²) in [4.78, 5) is 30.6. The summed E-state index contributed by atoms with van der Waals surface area (Å²) in [7, 11) is 3.06. The molecule has 0 aliphatic rings. The molecule has 0 aliphatic heterocycles. The van der Waals surface area contributed by atoms with Gasteiger partial charge in [-0.2, -0.15) is 0 Å². The van der Waals surface area contributed by atoms with Crippen molar-refractivity contribution in [3.05, 3.63) is 76.5 Å². The lowest BCUT2D eigenvalue weighted by Gasteiger charge is -2.20. The number of ketones is 2. The predicted molar refractivity (Wildman–Crippen MR) is 146 cm³/mol.